The van der Waals surface area contributed by atoms with Crippen LogP contribution in [0.25, 0.3) is 11.1 Å². The van der Waals surface area contributed by atoms with Gasteiger partial charge in [0.05, 0.1) is 0 Å². The van der Waals surface area contributed by atoms with E-state index in [1.165, 1.54) is 0 Å². The highest BCUT2D eigenvalue weighted by atomic mass is 16.7. The summed E-state index contributed by atoms with van der Waals surface area (Å²) in [6.45, 7) is 1.89. The molecule has 0 N–H and O–H groups in total. The zero-order valence-corrected chi connectivity index (χ0v) is 16.7. The fraction of sp³-hybridized carbons (Fsp3) is 0.0741. The van der Waals surface area contributed by atoms with Gasteiger partial charge in [0.2, 0.25) is 0 Å². The van der Waals surface area contributed by atoms with E-state index in [0.717, 1.165) is 27.8 Å². The lowest BCUT2D eigenvalue weighted by molar-refractivity contribution is 0.151. The Balaban J connectivity index is 1.69. The van der Waals surface area contributed by atoms with Gasteiger partial charge in [-0.2, -0.15) is 0 Å². The summed E-state index contributed by atoms with van der Waals surface area (Å²) in [6.07, 6.45) is -0.101. The van der Waals surface area contributed by atoms with Crippen molar-refractivity contribution in [3.63, 3.8) is 0 Å². The molecule has 4 rings (SSSR count). The average Bonchev–Trinajstić information content (AvgIpc) is 2.78. The SMILES string of the molecule is Cc1ccccc1OC(=O)Oc1c(Cc2ccccc2)cccc1-c1ccccc1. The molecule has 3 nitrogen and oxygen atoms in total. The summed E-state index contributed by atoms with van der Waals surface area (Å²) in [5, 5.41) is 0. The Morgan fingerprint density at radius 3 is 2.10 bits per heavy atom. The van der Waals surface area contributed by atoms with Gasteiger partial charge in [0.15, 0.2) is 0 Å². The van der Waals surface area contributed by atoms with Crippen LogP contribution in [0.2, 0.25) is 0 Å². The maximum absolute atomic E-state index is 12.7. The Morgan fingerprint density at radius 1 is 0.700 bits per heavy atom. The molecular formula is C27H22O3. The van der Waals surface area contributed by atoms with Gasteiger partial charge in [-0.15, -0.1) is 0 Å². The van der Waals surface area contributed by atoms with Gasteiger partial charge in [-0.25, -0.2) is 4.79 Å². The third-order valence-corrected chi connectivity index (χ3v) is 4.89. The maximum atomic E-state index is 12.7. The summed E-state index contributed by atoms with van der Waals surface area (Å²) in [5.74, 6) is 1.01. The molecule has 0 radical (unpaired) electrons. The zero-order chi connectivity index (χ0) is 20.8. The second kappa shape index (κ2) is 9.10. The fourth-order valence-electron chi connectivity index (χ4n) is 3.37. The highest BCUT2D eigenvalue weighted by Gasteiger charge is 2.18. The summed E-state index contributed by atoms with van der Waals surface area (Å²) in [4.78, 5) is 12.7. The van der Waals surface area contributed by atoms with Crippen LogP contribution in [-0.4, -0.2) is 6.16 Å². The van der Waals surface area contributed by atoms with E-state index in [4.69, 9.17) is 9.47 Å². The predicted octanol–water partition coefficient (Wildman–Crippen LogP) is 6.83. The molecule has 0 atom stereocenters. The number of ether oxygens (including phenoxy) is 2. The molecule has 0 aliphatic carbocycles. The van der Waals surface area contributed by atoms with Gasteiger partial charge in [0.25, 0.3) is 0 Å². The van der Waals surface area contributed by atoms with Gasteiger partial charge < -0.3 is 9.47 Å². The maximum Gasteiger partial charge on any atom is 0.519 e. The van der Waals surface area contributed by atoms with Crippen LogP contribution in [0.15, 0.2) is 103 Å². The molecule has 4 aromatic carbocycles. The van der Waals surface area contributed by atoms with Crippen molar-refractivity contribution >= 4 is 6.16 Å². The van der Waals surface area contributed by atoms with Gasteiger partial charge in [-0.1, -0.05) is 97.1 Å². The minimum atomic E-state index is -0.748. The molecule has 148 valence electrons. The first-order chi connectivity index (χ1) is 14.7. The molecule has 0 bridgehead atoms. The Kier molecular flexibility index (Phi) is 5.90. The molecule has 0 fully saturated rings. The highest BCUT2D eigenvalue weighted by molar-refractivity contribution is 5.77. The third kappa shape index (κ3) is 4.58. The summed E-state index contributed by atoms with van der Waals surface area (Å²) >= 11 is 0. The smallest absolute Gasteiger partial charge is 0.394 e. The van der Waals surface area contributed by atoms with Gasteiger partial charge in [-0.3, -0.25) is 0 Å². The lowest BCUT2D eigenvalue weighted by Crippen LogP contribution is -2.16. The molecule has 0 aliphatic rings. The molecule has 4 aromatic rings. The first-order valence-corrected chi connectivity index (χ1v) is 9.87. The molecule has 0 spiro atoms. The van der Waals surface area contributed by atoms with Crippen LogP contribution in [0.5, 0.6) is 11.5 Å². The molecule has 0 unspecified atom stereocenters. The van der Waals surface area contributed by atoms with E-state index in [2.05, 4.69) is 12.1 Å². The Hall–Kier alpha value is -3.85. The average molecular weight is 394 g/mol. The quantitative estimate of drug-likeness (QED) is 0.275. The van der Waals surface area contributed by atoms with Crippen LogP contribution < -0.4 is 9.47 Å². The van der Waals surface area contributed by atoms with Crippen LogP contribution in [0, 0.1) is 6.92 Å². The van der Waals surface area contributed by atoms with Crippen molar-refractivity contribution in [3.05, 3.63) is 120 Å². The van der Waals surface area contributed by atoms with Crippen LogP contribution in [-0.2, 0) is 6.42 Å². The first-order valence-electron chi connectivity index (χ1n) is 9.87. The number of rotatable bonds is 5. The van der Waals surface area contributed by atoms with Gasteiger partial charge in [0, 0.05) is 17.5 Å². The number of carbonyl (C=O) groups is 1. The zero-order valence-electron chi connectivity index (χ0n) is 16.7. The summed E-state index contributed by atoms with van der Waals surface area (Å²) < 4.78 is 11.3. The molecule has 30 heavy (non-hydrogen) atoms. The van der Waals surface area contributed by atoms with E-state index in [0.29, 0.717) is 17.9 Å². The number of para-hydroxylation sites is 2. The van der Waals surface area contributed by atoms with E-state index < -0.39 is 6.16 Å². The number of aryl methyl sites for hydroxylation is 1. The van der Waals surface area contributed by atoms with E-state index in [1.54, 1.807) is 6.07 Å². The monoisotopic (exact) mass is 394 g/mol. The van der Waals surface area contributed by atoms with E-state index in [-0.39, 0.29) is 0 Å². The van der Waals surface area contributed by atoms with Crippen molar-refractivity contribution < 1.29 is 14.3 Å². The second-order valence-corrected chi connectivity index (χ2v) is 7.04. The number of carbonyl (C=O) groups excluding carboxylic acids is 1. The molecule has 0 amide bonds. The van der Waals surface area contributed by atoms with Crippen molar-refractivity contribution in [3.8, 4) is 22.6 Å². The van der Waals surface area contributed by atoms with Crippen molar-refractivity contribution in [1.29, 1.82) is 0 Å². The molecule has 0 saturated carbocycles. The Labute approximate surface area is 176 Å². The lowest BCUT2D eigenvalue weighted by atomic mass is 9.97. The van der Waals surface area contributed by atoms with Crippen molar-refractivity contribution in [2.75, 3.05) is 0 Å². The number of benzene rings is 4. The second-order valence-electron chi connectivity index (χ2n) is 7.04. The van der Waals surface area contributed by atoms with Gasteiger partial charge in [-0.05, 0) is 29.7 Å². The normalized spacial score (nSPS) is 10.4. The molecule has 0 heterocycles. The molecule has 0 saturated heterocycles. The van der Waals surface area contributed by atoms with Crippen LogP contribution in [0.4, 0.5) is 4.79 Å². The number of hydrogen-bond acceptors (Lipinski definition) is 3. The highest BCUT2D eigenvalue weighted by Crippen LogP contribution is 2.35. The minimum absolute atomic E-state index is 0.490. The van der Waals surface area contributed by atoms with Crippen LogP contribution in [0.1, 0.15) is 16.7 Å². The van der Waals surface area contributed by atoms with Crippen molar-refractivity contribution in [2.24, 2.45) is 0 Å². The van der Waals surface area contributed by atoms with Crippen molar-refractivity contribution in [1.82, 2.24) is 0 Å². The van der Waals surface area contributed by atoms with E-state index in [9.17, 15) is 4.79 Å². The molecular weight excluding hydrogens is 372 g/mol. The Bertz CT molecular complexity index is 1140. The van der Waals surface area contributed by atoms with Gasteiger partial charge in [0.1, 0.15) is 11.5 Å². The van der Waals surface area contributed by atoms with E-state index >= 15 is 0 Å². The summed E-state index contributed by atoms with van der Waals surface area (Å²) in [5.41, 5.74) is 4.76. The van der Waals surface area contributed by atoms with Crippen molar-refractivity contribution in [2.45, 2.75) is 13.3 Å². The number of hydrogen-bond donors (Lipinski definition) is 0. The van der Waals surface area contributed by atoms with Gasteiger partial charge >= 0.3 is 6.16 Å². The lowest BCUT2D eigenvalue weighted by Gasteiger charge is -2.15. The largest absolute Gasteiger partial charge is 0.519 e. The molecule has 0 aliphatic heterocycles. The fourth-order valence-corrected chi connectivity index (χ4v) is 3.37. The van der Waals surface area contributed by atoms with Crippen LogP contribution >= 0.6 is 0 Å². The third-order valence-electron chi connectivity index (χ3n) is 4.89. The predicted molar refractivity (Wildman–Crippen MR) is 119 cm³/mol. The molecule has 3 heteroatoms. The molecule has 0 aromatic heterocycles. The summed E-state index contributed by atoms with van der Waals surface area (Å²) in [6, 6.07) is 33.3. The first kappa shape index (κ1) is 19.5. The summed E-state index contributed by atoms with van der Waals surface area (Å²) in [7, 11) is 0. The topological polar surface area (TPSA) is 35.5 Å². The van der Waals surface area contributed by atoms with Crippen LogP contribution in [0.3, 0.4) is 0 Å². The Morgan fingerprint density at radius 2 is 1.37 bits per heavy atom. The standard InChI is InChI=1S/C27H22O3/c1-20-11-8-9-18-25(20)29-27(28)30-26-23(19-21-12-4-2-5-13-21)16-10-17-24(26)22-14-6-3-7-15-22/h2-18H,19H2,1H3. The minimum Gasteiger partial charge on any atom is -0.394 e. The van der Waals surface area contributed by atoms with E-state index in [1.807, 2.05) is 91.9 Å².